The third kappa shape index (κ3) is 2.76. The number of nitrogens with two attached hydrogens (primary N) is 1. The monoisotopic (exact) mass is 286 g/mol. The van der Waals surface area contributed by atoms with E-state index >= 15 is 0 Å². The molecule has 1 heterocycles. The van der Waals surface area contributed by atoms with Crippen LogP contribution in [-0.4, -0.2) is 11.9 Å². The Bertz CT molecular complexity index is 594. The molecular weight excluding hydrogens is 268 g/mol. The van der Waals surface area contributed by atoms with Crippen LogP contribution >= 0.6 is 11.3 Å². The molecule has 20 heavy (non-hydrogen) atoms. The first-order valence-corrected chi connectivity index (χ1v) is 7.81. The Hall–Kier alpha value is -1.65. The van der Waals surface area contributed by atoms with Gasteiger partial charge in [-0.1, -0.05) is 24.3 Å². The van der Waals surface area contributed by atoms with E-state index in [0.717, 1.165) is 30.5 Å². The first-order chi connectivity index (χ1) is 9.74. The summed E-state index contributed by atoms with van der Waals surface area (Å²) in [6.07, 6.45) is 2.64. The fourth-order valence-electron chi connectivity index (χ4n) is 2.73. The van der Waals surface area contributed by atoms with Crippen molar-refractivity contribution in [2.24, 2.45) is 11.7 Å². The normalized spacial score (nSPS) is 21.9. The van der Waals surface area contributed by atoms with E-state index in [9.17, 15) is 4.79 Å². The van der Waals surface area contributed by atoms with Crippen molar-refractivity contribution in [2.75, 3.05) is 5.32 Å². The molecule has 0 radical (unpaired) electrons. The van der Waals surface area contributed by atoms with Gasteiger partial charge >= 0.3 is 0 Å². The molecule has 3 nitrogen and oxygen atoms in total. The highest BCUT2D eigenvalue weighted by Crippen LogP contribution is 2.32. The molecule has 2 unspecified atom stereocenters. The molecule has 4 heteroatoms. The molecule has 1 aromatic heterocycles. The first kappa shape index (κ1) is 13.3. The average Bonchev–Trinajstić information content (AvgIpc) is 3.10. The summed E-state index contributed by atoms with van der Waals surface area (Å²) >= 11 is 1.68. The van der Waals surface area contributed by atoms with Gasteiger partial charge < -0.3 is 11.1 Å². The van der Waals surface area contributed by atoms with Gasteiger partial charge in [0.1, 0.15) is 0 Å². The summed E-state index contributed by atoms with van der Waals surface area (Å²) in [5.41, 5.74) is 7.86. The third-order valence-corrected chi connectivity index (χ3v) is 4.72. The van der Waals surface area contributed by atoms with Crippen LogP contribution in [0.2, 0.25) is 0 Å². The molecule has 0 bridgehead atoms. The number of anilines is 1. The predicted octanol–water partition coefficient (Wildman–Crippen LogP) is 3.48. The van der Waals surface area contributed by atoms with E-state index in [1.54, 1.807) is 11.3 Å². The van der Waals surface area contributed by atoms with Crippen LogP contribution in [0.25, 0.3) is 10.4 Å². The quantitative estimate of drug-likeness (QED) is 0.907. The van der Waals surface area contributed by atoms with Crippen LogP contribution in [0.1, 0.15) is 19.3 Å². The van der Waals surface area contributed by atoms with Crippen LogP contribution in [0.5, 0.6) is 0 Å². The van der Waals surface area contributed by atoms with Crippen molar-refractivity contribution in [1.82, 2.24) is 0 Å². The zero-order chi connectivity index (χ0) is 13.9. The van der Waals surface area contributed by atoms with Crippen molar-refractivity contribution in [3.8, 4) is 10.4 Å². The van der Waals surface area contributed by atoms with E-state index in [1.165, 1.54) is 4.88 Å². The summed E-state index contributed by atoms with van der Waals surface area (Å²) in [4.78, 5) is 13.5. The molecular formula is C16H18N2OS. The van der Waals surface area contributed by atoms with Crippen molar-refractivity contribution in [3.63, 3.8) is 0 Å². The van der Waals surface area contributed by atoms with Gasteiger partial charge in [-0.25, -0.2) is 0 Å². The number of hydrogen-bond acceptors (Lipinski definition) is 3. The van der Waals surface area contributed by atoms with Gasteiger partial charge in [0.15, 0.2) is 0 Å². The number of carbonyl (C=O) groups is 1. The number of amides is 1. The maximum atomic E-state index is 12.3. The topological polar surface area (TPSA) is 55.1 Å². The summed E-state index contributed by atoms with van der Waals surface area (Å²) in [6.45, 7) is 0. The molecule has 1 amide bonds. The molecule has 104 valence electrons. The smallest absolute Gasteiger partial charge is 0.227 e. The second-order valence-electron chi connectivity index (χ2n) is 5.28. The Morgan fingerprint density at radius 1 is 1.20 bits per heavy atom. The molecule has 1 aliphatic carbocycles. The molecule has 3 N–H and O–H groups in total. The Balaban J connectivity index is 1.79. The molecule has 1 aliphatic rings. The highest BCUT2D eigenvalue weighted by Gasteiger charge is 2.28. The summed E-state index contributed by atoms with van der Waals surface area (Å²) in [5.74, 6) is 0.156. The van der Waals surface area contributed by atoms with E-state index in [0.29, 0.717) is 0 Å². The molecule has 2 aromatic rings. The van der Waals surface area contributed by atoms with Crippen LogP contribution in [0.3, 0.4) is 0 Å². The molecule has 3 rings (SSSR count). The number of benzene rings is 1. The van der Waals surface area contributed by atoms with Gasteiger partial charge in [-0.05, 0) is 36.8 Å². The van der Waals surface area contributed by atoms with Gasteiger partial charge in [0.05, 0.1) is 0 Å². The first-order valence-electron chi connectivity index (χ1n) is 6.93. The molecule has 0 aliphatic heterocycles. The van der Waals surface area contributed by atoms with E-state index in [4.69, 9.17) is 5.73 Å². The predicted molar refractivity (Wildman–Crippen MR) is 83.7 cm³/mol. The zero-order valence-electron chi connectivity index (χ0n) is 11.2. The Morgan fingerprint density at radius 3 is 2.75 bits per heavy atom. The van der Waals surface area contributed by atoms with Crippen LogP contribution in [-0.2, 0) is 4.79 Å². The van der Waals surface area contributed by atoms with E-state index in [2.05, 4.69) is 11.4 Å². The molecule has 1 saturated carbocycles. The minimum Gasteiger partial charge on any atom is -0.328 e. The Labute approximate surface area is 122 Å². The molecule has 1 aromatic carbocycles. The number of nitrogens with one attached hydrogen (secondary N) is 1. The lowest BCUT2D eigenvalue weighted by atomic mass is 10.1. The maximum Gasteiger partial charge on any atom is 0.227 e. The number of thiophene rings is 1. The van der Waals surface area contributed by atoms with E-state index in [1.807, 2.05) is 35.7 Å². The summed E-state index contributed by atoms with van der Waals surface area (Å²) < 4.78 is 0. The zero-order valence-corrected chi connectivity index (χ0v) is 12.0. The maximum absolute atomic E-state index is 12.3. The minimum absolute atomic E-state index is 0.0568. The number of hydrogen-bond donors (Lipinski definition) is 2. The average molecular weight is 286 g/mol. The van der Waals surface area contributed by atoms with Crippen molar-refractivity contribution in [1.29, 1.82) is 0 Å². The summed E-state index contributed by atoms with van der Waals surface area (Å²) in [5, 5.41) is 5.12. The van der Waals surface area contributed by atoms with Crippen molar-refractivity contribution < 1.29 is 4.79 Å². The molecule has 0 spiro atoms. The van der Waals surface area contributed by atoms with Gasteiger partial charge in [0.2, 0.25) is 5.91 Å². The summed E-state index contributed by atoms with van der Waals surface area (Å²) in [7, 11) is 0. The largest absolute Gasteiger partial charge is 0.328 e. The van der Waals surface area contributed by atoms with E-state index < -0.39 is 0 Å². The lowest BCUT2D eigenvalue weighted by molar-refractivity contribution is -0.119. The van der Waals surface area contributed by atoms with Gasteiger partial charge in [-0.3, -0.25) is 4.79 Å². The fourth-order valence-corrected chi connectivity index (χ4v) is 3.49. The van der Waals surface area contributed by atoms with Crippen molar-refractivity contribution in [2.45, 2.75) is 25.3 Å². The molecule has 0 saturated heterocycles. The standard InChI is InChI=1S/C16H18N2OS/c17-12-8-7-11(10-12)16(19)18-14-5-2-1-4-13(14)15-6-3-9-20-15/h1-6,9,11-12H,7-8,10,17H2,(H,18,19). The van der Waals surface area contributed by atoms with Gasteiger partial charge in [-0.2, -0.15) is 0 Å². The van der Waals surface area contributed by atoms with E-state index in [-0.39, 0.29) is 17.9 Å². The minimum atomic E-state index is 0.0568. The number of carbonyl (C=O) groups excluding carboxylic acids is 1. The van der Waals surface area contributed by atoms with Crippen LogP contribution in [0.4, 0.5) is 5.69 Å². The molecule has 2 atom stereocenters. The Morgan fingerprint density at radius 2 is 2.05 bits per heavy atom. The second kappa shape index (κ2) is 5.77. The molecule has 1 fully saturated rings. The lowest BCUT2D eigenvalue weighted by Gasteiger charge is -2.13. The number of para-hydroxylation sites is 1. The summed E-state index contributed by atoms with van der Waals surface area (Å²) in [6, 6.07) is 12.2. The van der Waals surface area contributed by atoms with Crippen LogP contribution < -0.4 is 11.1 Å². The van der Waals surface area contributed by atoms with Gasteiger partial charge in [0, 0.05) is 28.1 Å². The second-order valence-corrected chi connectivity index (χ2v) is 6.23. The Kier molecular flexibility index (Phi) is 3.85. The van der Waals surface area contributed by atoms with Crippen LogP contribution in [0.15, 0.2) is 41.8 Å². The van der Waals surface area contributed by atoms with Crippen LogP contribution in [0, 0.1) is 5.92 Å². The fraction of sp³-hybridized carbons (Fsp3) is 0.312. The highest BCUT2D eigenvalue weighted by atomic mass is 32.1. The highest BCUT2D eigenvalue weighted by molar-refractivity contribution is 7.13. The van der Waals surface area contributed by atoms with Gasteiger partial charge in [0.25, 0.3) is 0 Å². The lowest BCUT2D eigenvalue weighted by Crippen LogP contribution is -2.23. The third-order valence-electron chi connectivity index (χ3n) is 3.82. The van der Waals surface area contributed by atoms with Crippen molar-refractivity contribution >= 4 is 22.9 Å². The van der Waals surface area contributed by atoms with Gasteiger partial charge in [-0.15, -0.1) is 11.3 Å². The SMILES string of the molecule is NC1CCC(C(=O)Nc2ccccc2-c2cccs2)C1. The van der Waals surface area contributed by atoms with Crippen molar-refractivity contribution in [3.05, 3.63) is 41.8 Å². The number of rotatable bonds is 3.